The molecule has 2 fully saturated rings. The minimum absolute atomic E-state index is 0. The molecule has 0 bridgehead atoms. The highest BCUT2D eigenvalue weighted by atomic mass is 35.5. The van der Waals surface area contributed by atoms with Crippen LogP contribution < -0.4 is 10.6 Å². The number of amides is 1. The molecular formula is C20H32ClN3O3S. The van der Waals surface area contributed by atoms with E-state index < -0.39 is 10.0 Å². The lowest BCUT2D eigenvalue weighted by molar-refractivity contribution is 0.0930. The number of benzene rings is 1. The van der Waals surface area contributed by atoms with Gasteiger partial charge in [-0.1, -0.05) is 6.92 Å². The maximum absolute atomic E-state index is 13.2. The molecule has 3 rings (SSSR count). The quantitative estimate of drug-likeness (QED) is 0.771. The van der Waals surface area contributed by atoms with Crippen molar-refractivity contribution in [2.45, 2.75) is 57.4 Å². The molecule has 1 aromatic rings. The van der Waals surface area contributed by atoms with Crippen molar-refractivity contribution in [1.29, 1.82) is 0 Å². The molecule has 2 saturated heterocycles. The first-order valence-corrected chi connectivity index (χ1v) is 11.4. The van der Waals surface area contributed by atoms with Crippen LogP contribution in [-0.2, 0) is 10.0 Å². The van der Waals surface area contributed by atoms with E-state index in [9.17, 15) is 13.2 Å². The van der Waals surface area contributed by atoms with Gasteiger partial charge in [0.2, 0.25) is 10.0 Å². The number of hydrogen-bond donors (Lipinski definition) is 2. The van der Waals surface area contributed by atoms with Crippen molar-refractivity contribution in [2.24, 2.45) is 5.92 Å². The highest BCUT2D eigenvalue weighted by Gasteiger charge is 2.30. The van der Waals surface area contributed by atoms with Crippen molar-refractivity contribution in [1.82, 2.24) is 14.9 Å². The van der Waals surface area contributed by atoms with Crippen LogP contribution in [-0.4, -0.2) is 50.9 Å². The average molecular weight is 430 g/mol. The van der Waals surface area contributed by atoms with Crippen LogP contribution >= 0.6 is 12.4 Å². The molecule has 158 valence electrons. The maximum atomic E-state index is 13.2. The normalized spacial score (nSPS) is 21.8. The summed E-state index contributed by atoms with van der Waals surface area (Å²) < 4.78 is 28.0. The summed E-state index contributed by atoms with van der Waals surface area (Å²) in [4.78, 5) is 13.0. The van der Waals surface area contributed by atoms with Gasteiger partial charge in [-0.25, -0.2) is 8.42 Å². The zero-order valence-corrected chi connectivity index (χ0v) is 18.6. The molecule has 28 heavy (non-hydrogen) atoms. The van der Waals surface area contributed by atoms with Gasteiger partial charge in [0.1, 0.15) is 0 Å². The Kier molecular flexibility index (Phi) is 7.90. The fraction of sp³-hybridized carbons (Fsp3) is 0.650. The van der Waals surface area contributed by atoms with Crippen LogP contribution in [0.3, 0.4) is 0 Å². The van der Waals surface area contributed by atoms with Gasteiger partial charge in [0.25, 0.3) is 5.91 Å². The van der Waals surface area contributed by atoms with Gasteiger partial charge in [0.05, 0.1) is 4.90 Å². The summed E-state index contributed by atoms with van der Waals surface area (Å²) >= 11 is 0. The number of sulfonamides is 1. The fourth-order valence-corrected chi connectivity index (χ4v) is 5.63. The summed E-state index contributed by atoms with van der Waals surface area (Å²) in [5.74, 6) is 0.357. The van der Waals surface area contributed by atoms with Gasteiger partial charge in [-0.2, -0.15) is 4.31 Å². The Labute approximate surface area is 174 Å². The number of carbonyl (C=O) groups excluding carboxylic acids is 1. The van der Waals surface area contributed by atoms with Gasteiger partial charge < -0.3 is 10.6 Å². The number of nitrogens with one attached hydrogen (secondary N) is 2. The van der Waals surface area contributed by atoms with E-state index in [0.29, 0.717) is 24.6 Å². The Hall–Kier alpha value is -1.15. The predicted octanol–water partition coefficient (Wildman–Crippen LogP) is 2.63. The van der Waals surface area contributed by atoms with Crippen molar-refractivity contribution < 1.29 is 13.2 Å². The minimum Gasteiger partial charge on any atom is -0.348 e. The van der Waals surface area contributed by atoms with Crippen LogP contribution in [0.4, 0.5) is 0 Å². The Morgan fingerprint density at radius 1 is 1.18 bits per heavy atom. The lowest BCUT2D eigenvalue weighted by Gasteiger charge is -2.30. The molecule has 0 saturated carbocycles. The van der Waals surface area contributed by atoms with Gasteiger partial charge in [0.15, 0.2) is 0 Å². The van der Waals surface area contributed by atoms with E-state index in [1.807, 2.05) is 13.8 Å². The Balaban J connectivity index is 0.00000280. The molecule has 0 radical (unpaired) electrons. The van der Waals surface area contributed by atoms with E-state index in [1.165, 1.54) is 0 Å². The summed E-state index contributed by atoms with van der Waals surface area (Å²) in [6.07, 6.45) is 3.74. The lowest BCUT2D eigenvalue weighted by Crippen LogP contribution is -2.45. The van der Waals surface area contributed by atoms with E-state index in [1.54, 1.807) is 16.4 Å². The summed E-state index contributed by atoms with van der Waals surface area (Å²) in [7, 11) is -3.59. The van der Waals surface area contributed by atoms with E-state index in [2.05, 4.69) is 17.6 Å². The standard InChI is InChI=1S/C20H31N3O3S.ClH/c1-14-6-9-23(10-7-14)27(25,26)19-12-17(11-15(2)16(19)3)20(24)22-18-5-4-8-21-13-18;/h11-12,14,18,21H,4-10,13H2,1-3H3,(H,22,24);1H. The third-order valence-corrected chi connectivity index (χ3v) is 7.90. The van der Waals surface area contributed by atoms with Crippen molar-refractivity contribution >= 4 is 28.3 Å². The lowest BCUT2D eigenvalue weighted by atomic mass is 10.0. The van der Waals surface area contributed by atoms with Gasteiger partial charge in [0, 0.05) is 31.2 Å². The van der Waals surface area contributed by atoms with Gasteiger partial charge in [-0.3, -0.25) is 4.79 Å². The van der Waals surface area contributed by atoms with Crippen LogP contribution in [0.25, 0.3) is 0 Å². The van der Waals surface area contributed by atoms with Crippen LogP contribution in [0.15, 0.2) is 17.0 Å². The van der Waals surface area contributed by atoms with E-state index in [-0.39, 0.29) is 29.3 Å². The molecule has 0 spiro atoms. The van der Waals surface area contributed by atoms with Crippen LogP contribution in [0, 0.1) is 19.8 Å². The van der Waals surface area contributed by atoms with Crippen molar-refractivity contribution in [3.63, 3.8) is 0 Å². The second-order valence-electron chi connectivity index (χ2n) is 8.02. The fourth-order valence-electron chi connectivity index (χ4n) is 3.83. The van der Waals surface area contributed by atoms with E-state index in [0.717, 1.165) is 49.9 Å². The molecule has 2 aliphatic heterocycles. The van der Waals surface area contributed by atoms with Gasteiger partial charge >= 0.3 is 0 Å². The molecule has 2 aliphatic rings. The second-order valence-corrected chi connectivity index (χ2v) is 9.93. The Morgan fingerprint density at radius 3 is 2.46 bits per heavy atom. The smallest absolute Gasteiger partial charge is 0.251 e. The molecular weight excluding hydrogens is 398 g/mol. The molecule has 0 aliphatic carbocycles. The number of hydrogen-bond acceptors (Lipinski definition) is 4. The molecule has 1 amide bonds. The Morgan fingerprint density at radius 2 is 1.86 bits per heavy atom. The van der Waals surface area contributed by atoms with E-state index >= 15 is 0 Å². The first kappa shape index (κ1) is 23.1. The number of nitrogens with zero attached hydrogens (tertiary/aromatic N) is 1. The number of rotatable bonds is 4. The number of piperidine rings is 2. The zero-order valence-electron chi connectivity index (χ0n) is 17.0. The number of aryl methyl sites for hydroxylation is 1. The summed E-state index contributed by atoms with van der Waals surface area (Å²) in [6.45, 7) is 8.68. The average Bonchev–Trinajstić information content (AvgIpc) is 2.64. The topological polar surface area (TPSA) is 78.5 Å². The van der Waals surface area contributed by atoms with Crippen molar-refractivity contribution in [2.75, 3.05) is 26.2 Å². The first-order chi connectivity index (χ1) is 12.8. The van der Waals surface area contributed by atoms with Crippen molar-refractivity contribution in [3.8, 4) is 0 Å². The minimum atomic E-state index is -3.59. The largest absolute Gasteiger partial charge is 0.348 e. The third-order valence-electron chi connectivity index (χ3n) is 5.87. The summed E-state index contributed by atoms with van der Waals surface area (Å²) in [5, 5.41) is 6.31. The molecule has 2 heterocycles. The SMILES string of the molecule is Cc1cc(C(=O)NC2CCCNC2)cc(S(=O)(=O)N2CCC(C)CC2)c1C.Cl. The highest BCUT2D eigenvalue weighted by Crippen LogP contribution is 2.28. The molecule has 2 N–H and O–H groups in total. The molecule has 0 aromatic heterocycles. The number of halogens is 1. The molecule has 6 nitrogen and oxygen atoms in total. The van der Waals surface area contributed by atoms with Crippen LogP contribution in [0.1, 0.15) is 54.1 Å². The molecule has 8 heteroatoms. The highest BCUT2D eigenvalue weighted by molar-refractivity contribution is 7.89. The van der Waals surface area contributed by atoms with E-state index in [4.69, 9.17) is 0 Å². The summed E-state index contributed by atoms with van der Waals surface area (Å²) in [5.41, 5.74) is 1.98. The van der Waals surface area contributed by atoms with Gasteiger partial charge in [-0.15, -0.1) is 12.4 Å². The summed E-state index contributed by atoms with van der Waals surface area (Å²) in [6, 6.07) is 3.44. The number of carbonyl (C=O) groups is 1. The predicted molar refractivity (Wildman–Crippen MR) is 114 cm³/mol. The van der Waals surface area contributed by atoms with Crippen molar-refractivity contribution in [3.05, 3.63) is 28.8 Å². The van der Waals surface area contributed by atoms with Gasteiger partial charge in [-0.05, 0) is 75.3 Å². The zero-order chi connectivity index (χ0) is 19.6. The Bertz CT molecular complexity index is 799. The van der Waals surface area contributed by atoms with Crippen LogP contribution in [0.5, 0.6) is 0 Å². The first-order valence-electron chi connectivity index (χ1n) is 9.92. The third kappa shape index (κ3) is 5.06. The van der Waals surface area contributed by atoms with Crippen LogP contribution in [0.2, 0.25) is 0 Å². The molecule has 1 atom stereocenters. The maximum Gasteiger partial charge on any atom is 0.251 e. The molecule has 1 unspecified atom stereocenters. The monoisotopic (exact) mass is 429 g/mol. The second kappa shape index (κ2) is 9.57. The molecule has 1 aromatic carbocycles.